The van der Waals surface area contributed by atoms with Crippen molar-refractivity contribution < 1.29 is 4.74 Å². The fraction of sp³-hybridized carbons (Fsp3) is 0.455. The number of allylic oxidation sites excluding steroid dienone is 2. The maximum absolute atomic E-state index is 5.53. The van der Waals surface area contributed by atoms with Crippen LogP contribution in [0.2, 0.25) is 6.82 Å². The Morgan fingerprint density at radius 1 is 1.77 bits per heavy atom. The van der Waals surface area contributed by atoms with Gasteiger partial charge in [0, 0.05) is 0 Å². The number of ether oxygens (including phenoxy) is 1. The summed E-state index contributed by atoms with van der Waals surface area (Å²) in [6, 6.07) is 0. The van der Waals surface area contributed by atoms with E-state index in [2.05, 4.69) is 31.4 Å². The van der Waals surface area contributed by atoms with E-state index >= 15 is 0 Å². The van der Waals surface area contributed by atoms with E-state index in [4.69, 9.17) is 11.2 Å². The summed E-state index contributed by atoms with van der Waals surface area (Å²) in [6.45, 7) is 4.45. The molecule has 0 aromatic heterocycles. The van der Waals surface area contributed by atoms with E-state index in [-0.39, 0.29) is 5.60 Å². The first-order chi connectivity index (χ1) is 6.20. The molecule has 1 aliphatic carbocycles. The molecule has 0 N–H and O–H groups in total. The summed E-state index contributed by atoms with van der Waals surface area (Å²) in [5, 5.41) is 0. The highest BCUT2D eigenvalue weighted by Gasteiger charge is 2.22. The Hall–Kier alpha value is -0.935. The van der Waals surface area contributed by atoms with Gasteiger partial charge in [-0.3, -0.25) is 0 Å². The first-order valence-corrected chi connectivity index (χ1v) is 4.46. The molecule has 0 saturated carbocycles. The van der Waals surface area contributed by atoms with Gasteiger partial charge in [-0.1, -0.05) is 36.4 Å². The molecule has 1 nitrogen and oxygen atoms in total. The zero-order chi connectivity index (χ0) is 9.73. The van der Waals surface area contributed by atoms with Crippen molar-refractivity contribution in [3.05, 3.63) is 23.7 Å². The molecular formula is C11H14BO. The van der Waals surface area contributed by atoms with Gasteiger partial charge in [0.25, 0.3) is 0 Å². The Labute approximate surface area is 81.1 Å². The Balaban J connectivity index is 2.54. The van der Waals surface area contributed by atoms with Crippen LogP contribution in [0, 0.1) is 12.3 Å². The van der Waals surface area contributed by atoms with Crippen molar-refractivity contribution in [2.24, 2.45) is 0 Å². The highest BCUT2D eigenvalue weighted by molar-refractivity contribution is 6.44. The molecule has 13 heavy (non-hydrogen) atoms. The lowest BCUT2D eigenvalue weighted by Crippen LogP contribution is -2.27. The van der Waals surface area contributed by atoms with E-state index in [1.165, 1.54) is 5.47 Å². The zero-order valence-corrected chi connectivity index (χ0v) is 8.21. The zero-order valence-electron chi connectivity index (χ0n) is 8.21. The topological polar surface area (TPSA) is 9.23 Å². The number of hydrogen-bond acceptors (Lipinski definition) is 1. The van der Waals surface area contributed by atoms with Crippen molar-refractivity contribution in [2.45, 2.75) is 25.8 Å². The molecule has 1 radical (unpaired) electrons. The third kappa shape index (κ3) is 2.79. The SMILES string of the molecule is C#CCOC1(C)C=CC([B]C)=CC1. The van der Waals surface area contributed by atoms with Crippen LogP contribution in [0.25, 0.3) is 0 Å². The van der Waals surface area contributed by atoms with Gasteiger partial charge in [-0.15, -0.1) is 6.42 Å². The molecule has 2 heteroatoms. The van der Waals surface area contributed by atoms with Gasteiger partial charge in [0.1, 0.15) is 13.9 Å². The summed E-state index contributed by atoms with van der Waals surface area (Å²) in [4.78, 5) is 0. The van der Waals surface area contributed by atoms with Gasteiger partial charge in [0.2, 0.25) is 0 Å². The smallest absolute Gasteiger partial charge is 0.147 e. The molecule has 0 amide bonds. The first-order valence-electron chi connectivity index (χ1n) is 4.46. The molecule has 0 fully saturated rings. The average Bonchev–Trinajstić information content (AvgIpc) is 2.16. The van der Waals surface area contributed by atoms with Crippen LogP contribution < -0.4 is 0 Å². The molecule has 0 heterocycles. The van der Waals surface area contributed by atoms with Crippen LogP contribution in [0.1, 0.15) is 13.3 Å². The molecule has 0 aromatic carbocycles. The summed E-state index contributed by atoms with van der Waals surface area (Å²) in [7, 11) is 2.08. The highest BCUT2D eigenvalue weighted by Crippen LogP contribution is 2.23. The highest BCUT2D eigenvalue weighted by atomic mass is 16.5. The largest absolute Gasteiger partial charge is 0.358 e. The lowest BCUT2D eigenvalue weighted by Gasteiger charge is -2.27. The van der Waals surface area contributed by atoms with Crippen LogP contribution in [0.3, 0.4) is 0 Å². The van der Waals surface area contributed by atoms with Gasteiger partial charge in [0.05, 0.1) is 5.60 Å². The van der Waals surface area contributed by atoms with Crippen LogP contribution in [0.5, 0.6) is 0 Å². The Morgan fingerprint density at radius 2 is 2.54 bits per heavy atom. The normalized spacial score (nSPS) is 26.4. The van der Waals surface area contributed by atoms with E-state index in [1.807, 2.05) is 13.7 Å². The summed E-state index contributed by atoms with van der Waals surface area (Å²) >= 11 is 0. The van der Waals surface area contributed by atoms with Crippen LogP contribution >= 0.6 is 0 Å². The minimum atomic E-state index is -0.209. The molecule has 0 saturated heterocycles. The van der Waals surface area contributed by atoms with Gasteiger partial charge in [-0.25, -0.2) is 0 Å². The van der Waals surface area contributed by atoms with E-state index in [9.17, 15) is 0 Å². The van der Waals surface area contributed by atoms with Crippen molar-refractivity contribution in [3.8, 4) is 12.3 Å². The number of rotatable bonds is 3. The summed E-state index contributed by atoms with van der Waals surface area (Å²) in [6.07, 6.45) is 12.3. The van der Waals surface area contributed by atoms with Crippen molar-refractivity contribution in [3.63, 3.8) is 0 Å². The van der Waals surface area contributed by atoms with Crippen LogP contribution in [0.4, 0.5) is 0 Å². The van der Waals surface area contributed by atoms with Crippen molar-refractivity contribution in [1.29, 1.82) is 0 Å². The molecule has 67 valence electrons. The monoisotopic (exact) mass is 173 g/mol. The van der Waals surface area contributed by atoms with E-state index < -0.39 is 0 Å². The van der Waals surface area contributed by atoms with Crippen LogP contribution in [-0.2, 0) is 4.74 Å². The fourth-order valence-electron chi connectivity index (χ4n) is 1.26. The molecule has 1 rings (SSSR count). The molecule has 0 aliphatic heterocycles. The Kier molecular flexibility index (Phi) is 3.39. The van der Waals surface area contributed by atoms with Gasteiger partial charge in [0.15, 0.2) is 0 Å². The predicted octanol–water partition coefficient (Wildman–Crippen LogP) is 1.99. The number of terminal acetylenes is 1. The van der Waals surface area contributed by atoms with Gasteiger partial charge >= 0.3 is 0 Å². The van der Waals surface area contributed by atoms with Crippen LogP contribution in [0.15, 0.2) is 23.7 Å². The van der Waals surface area contributed by atoms with Gasteiger partial charge < -0.3 is 4.74 Å². The van der Waals surface area contributed by atoms with E-state index in [1.54, 1.807) is 0 Å². The minimum absolute atomic E-state index is 0.209. The van der Waals surface area contributed by atoms with Crippen molar-refractivity contribution >= 4 is 7.28 Å². The van der Waals surface area contributed by atoms with E-state index in [0.717, 1.165) is 6.42 Å². The summed E-state index contributed by atoms with van der Waals surface area (Å²) < 4.78 is 5.53. The van der Waals surface area contributed by atoms with Crippen molar-refractivity contribution in [2.75, 3.05) is 6.61 Å². The quantitative estimate of drug-likeness (QED) is 0.468. The standard InChI is InChI=1S/C11H14BO/c1-4-9-13-11(2)7-5-10(12-3)6-8-11/h1,5-7H,8-9H2,2-3H3. The second-order valence-corrected chi connectivity index (χ2v) is 3.34. The van der Waals surface area contributed by atoms with Crippen molar-refractivity contribution in [1.82, 2.24) is 0 Å². The maximum Gasteiger partial charge on any atom is 0.147 e. The molecule has 1 unspecified atom stereocenters. The molecule has 0 spiro atoms. The first kappa shape index (κ1) is 10.1. The summed E-state index contributed by atoms with van der Waals surface area (Å²) in [5.41, 5.74) is 1.04. The Morgan fingerprint density at radius 3 is 3.00 bits per heavy atom. The maximum atomic E-state index is 5.53. The third-order valence-corrected chi connectivity index (χ3v) is 2.19. The minimum Gasteiger partial charge on any atom is -0.358 e. The van der Waals surface area contributed by atoms with E-state index in [0.29, 0.717) is 6.61 Å². The molecular weight excluding hydrogens is 159 g/mol. The molecule has 1 aliphatic rings. The summed E-state index contributed by atoms with van der Waals surface area (Å²) in [5.74, 6) is 2.48. The predicted molar refractivity (Wildman–Crippen MR) is 56.6 cm³/mol. The molecule has 0 bridgehead atoms. The third-order valence-electron chi connectivity index (χ3n) is 2.19. The number of hydrogen-bond donors (Lipinski definition) is 0. The average molecular weight is 173 g/mol. The Bertz CT molecular complexity index is 272. The second kappa shape index (κ2) is 4.34. The molecule has 1 atom stereocenters. The lowest BCUT2D eigenvalue weighted by atomic mass is 9.69. The van der Waals surface area contributed by atoms with Gasteiger partial charge in [-0.05, 0) is 13.3 Å². The molecule has 0 aromatic rings. The fourth-order valence-corrected chi connectivity index (χ4v) is 1.26. The lowest BCUT2D eigenvalue weighted by molar-refractivity contribution is 0.0284. The second-order valence-electron chi connectivity index (χ2n) is 3.34. The van der Waals surface area contributed by atoms with Gasteiger partial charge in [-0.2, -0.15) is 0 Å². The van der Waals surface area contributed by atoms with Crippen LogP contribution in [-0.4, -0.2) is 19.5 Å².